The van der Waals surface area contributed by atoms with E-state index < -0.39 is 11.8 Å². The van der Waals surface area contributed by atoms with Crippen LogP contribution in [0.5, 0.6) is 11.5 Å². The molecule has 0 aromatic heterocycles. The number of fused-ring (bicyclic) bond motifs is 1. The number of hydrogen-bond acceptors (Lipinski definition) is 6. The lowest BCUT2D eigenvalue weighted by Gasteiger charge is -2.24. The van der Waals surface area contributed by atoms with Gasteiger partial charge in [-0.1, -0.05) is 12.2 Å². The van der Waals surface area contributed by atoms with Crippen molar-refractivity contribution < 1.29 is 28.8 Å². The smallest absolute Gasteiger partial charge is 0.257 e. The van der Waals surface area contributed by atoms with Crippen LogP contribution in [0.2, 0.25) is 0 Å². The van der Waals surface area contributed by atoms with Crippen molar-refractivity contribution in [3.63, 3.8) is 0 Å². The van der Waals surface area contributed by atoms with Crippen LogP contribution in [0.15, 0.2) is 30.4 Å². The van der Waals surface area contributed by atoms with E-state index in [1.165, 1.54) is 4.90 Å². The molecule has 3 heterocycles. The van der Waals surface area contributed by atoms with Gasteiger partial charge in [0.2, 0.25) is 0 Å². The van der Waals surface area contributed by atoms with Gasteiger partial charge in [0, 0.05) is 24.5 Å². The Morgan fingerprint density at radius 2 is 2.15 bits per heavy atom. The summed E-state index contributed by atoms with van der Waals surface area (Å²) in [5.41, 5.74) is -0.215. The van der Waals surface area contributed by atoms with Crippen molar-refractivity contribution in [2.45, 2.75) is 43.4 Å². The van der Waals surface area contributed by atoms with Gasteiger partial charge in [-0.25, -0.2) is 0 Å². The molecule has 2 saturated heterocycles. The molecule has 2 fully saturated rings. The standard InChI is InChI=1S/C19H23NO6/c1-23-13-6-5-12(15(8-13)24-2)11-20-17(21)10-19(18(20)22)9-16-14(26-19)4-3-7-25-16/h3-6,8,14,16-17,21H,7,9-11H2,1-2H3/t14-,16-,17?,19+/m1/s1. The summed E-state index contributed by atoms with van der Waals surface area (Å²) in [4.78, 5) is 14.6. The Labute approximate surface area is 152 Å². The van der Waals surface area contributed by atoms with Crippen molar-refractivity contribution in [3.8, 4) is 11.5 Å². The van der Waals surface area contributed by atoms with E-state index >= 15 is 0 Å². The molecule has 1 unspecified atom stereocenters. The third-order valence-corrected chi connectivity index (χ3v) is 5.35. The molecule has 0 aliphatic carbocycles. The van der Waals surface area contributed by atoms with Crippen molar-refractivity contribution >= 4 is 5.91 Å². The minimum Gasteiger partial charge on any atom is -0.497 e. The normalized spacial score (nSPS) is 33.0. The van der Waals surface area contributed by atoms with E-state index in [0.717, 1.165) is 5.56 Å². The first kappa shape index (κ1) is 17.3. The SMILES string of the molecule is COc1ccc(CN2C(=O)[C@@]3(CC2O)C[C@H]2OCC=C[C@H]2O3)c(OC)c1. The molecule has 4 atom stereocenters. The molecule has 1 amide bonds. The Bertz CT molecular complexity index is 735. The Balaban J connectivity index is 1.55. The van der Waals surface area contributed by atoms with Crippen LogP contribution in [0.25, 0.3) is 0 Å². The Hall–Kier alpha value is -2.09. The van der Waals surface area contributed by atoms with Crippen molar-refractivity contribution in [3.05, 3.63) is 35.9 Å². The summed E-state index contributed by atoms with van der Waals surface area (Å²) >= 11 is 0. The highest BCUT2D eigenvalue weighted by Crippen LogP contribution is 2.44. The summed E-state index contributed by atoms with van der Waals surface area (Å²) in [6, 6.07) is 5.40. The summed E-state index contributed by atoms with van der Waals surface area (Å²) in [7, 11) is 3.15. The zero-order chi connectivity index (χ0) is 18.3. The van der Waals surface area contributed by atoms with Gasteiger partial charge in [-0.05, 0) is 12.1 Å². The Morgan fingerprint density at radius 1 is 1.31 bits per heavy atom. The lowest BCUT2D eigenvalue weighted by atomic mass is 9.95. The first-order chi connectivity index (χ1) is 12.6. The van der Waals surface area contributed by atoms with Gasteiger partial charge < -0.3 is 29.0 Å². The maximum Gasteiger partial charge on any atom is 0.257 e. The molecule has 1 spiro atoms. The zero-order valence-electron chi connectivity index (χ0n) is 14.9. The zero-order valence-corrected chi connectivity index (χ0v) is 14.9. The average Bonchev–Trinajstić information content (AvgIpc) is 3.13. The number of benzene rings is 1. The fourth-order valence-corrected chi connectivity index (χ4v) is 4.01. The maximum atomic E-state index is 13.1. The van der Waals surface area contributed by atoms with Gasteiger partial charge in [0.25, 0.3) is 5.91 Å². The quantitative estimate of drug-likeness (QED) is 0.813. The number of rotatable bonds is 4. The topological polar surface area (TPSA) is 77.5 Å². The number of amides is 1. The first-order valence-electron chi connectivity index (χ1n) is 8.72. The third kappa shape index (κ3) is 2.76. The number of likely N-dealkylation sites (tertiary alicyclic amines) is 1. The van der Waals surface area contributed by atoms with Crippen molar-refractivity contribution in [2.24, 2.45) is 0 Å². The fraction of sp³-hybridized carbons (Fsp3) is 0.526. The van der Waals surface area contributed by atoms with Gasteiger partial charge in [-0.2, -0.15) is 0 Å². The minimum atomic E-state index is -1.01. The van der Waals surface area contributed by atoms with Gasteiger partial charge in [-0.3, -0.25) is 4.79 Å². The summed E-state index contributed by atoms with van der Waals surface area (Å²) < 4.78 is 22.3. The second-order valence-electron chi connectivity index (χ2n) is 6.88. The summed E-state index contributed by atoms with van der Waals surface area (Å²) in [6.45, 7) is 0.772. The number of carbonyl (C=O) groups is 1. The Kier molecular flexibility index (Phi) is 4.38. The highest BCUT2D eigenvalue weighted by Gasteiger charge is 2.59. The lowest BCUT2D eigenvalue weighted by Crippen LogP contribution is -2.40. The van der Waals surface area contributed by atoms with Crippen molar-refractivity contribution in [2.75, 3.05) is 20.8 Å². The maximum absolute atomic E-state index is 13.1. The molecule has 1 aromatic rings. The average molecular weight is 361 g/mol. The van der Waals surface area contributed by atoms with E-state index in [4.69, 9.17) is 18.9 Å². The largest absolute Gasteiger partial charge is 0.497 e. The van der Waals surface area contributed by atoms with Gasteiger partial charge in [0.1, 0.15) is 23.8 Å². The summed E-state index contributed by atoms with van der Waals surface area (Å²) in [5, 5.41) is 10.5. The molecule has 26 heavy (non-hydrogen) atoms. The molecule has 0 bridgehead atoms. The number of carbonyl (C=O) groups excluding carboxylic acids is 1. The monoisotopic (exact) mass is 361 g/mol. The van der Waals surface area contributed by atoms with Crippen LogP contribution in [0.1, 0.15) is 18.4 Å². The molecule has 140 valence electrons. The molecule has 1 N–H and O–H groups in total. The molecule has 0 saturated carbocycles. The molecule has 4 rings (SSSR count). The highest BCUT2D eigenvalue weighted by molar-refractivity contribution is 5.88. The molecule has 0 radical (unpaired) electrons. The van der Waals surface area contributed by atoms with Crippen LogP contribution >= 0.6 is 0 Å². The molecule has 7 nitrogen and oxygen atoms in total. The number of nitrogens with zero attached hydrogens (tertiary/aromatic N) is 1. The van der Waals surface area contributed by atoms with Crippen LogP contribution in [0.3, 0.4) is 0 Å². The summed E-state index contributed by atoms with van der Waals surface area (Å²) in [6.07, 6.45) is 3.29. The molecular formula is C19H23NO6. The van der Waals surface area contributed by atoms with Crippen molar-refractivity contribution in [1.29, 1.82) is 0 Å². The van der Waals surface area contributed by atoms with Crippen LogP contribution in [0.4, 0.5) is 0 Å². The second-order valence-corrected chi connectivity index (χ2v) is 6.88. The highest BCUT2D eigenvalue weighted by atomic mass is 16.6. The van der Waals surface area contributed by atoms with Crippen LogP contribution in [-0.2, 0) is 20.8 Å². The fourth-order valence-electron chi connectivity index (χ4n) is 4.01. The number of methoxy groups -OCH3 is 2. The number of aliphatic hydroxyl groups is 1. The molecule has 3 aliphatic heterocycles. The van der Waals surface area contributed by atoms with Crippen LogP contribution in [0, 0.1) is 0 Å². The third-order valence-electron chi connectivity index (χ3n) is 5.35. The van der Waals surface area contributed by atoms with E-state index in [0.29, 0.717) is 24.5 Å². The van der Waals surface area contributed by atoms with Gasteiger partial charge >= 0.3 is 0 Å². The lowest BCUT2D eigenvalue weighted by molar-refractivity contribution is -0.148. The van der Waals surface area contributed by atoms with Crippen molar-refractivity contribution in [1.82, 2.24) is 4.90 Å². The predicted octanol–water partition coefficient (Wildman–Crippen LogP) is 1.24. The Morgan fingerprint density at radius 3 is 2.88 bits per heavy atom. The number of aliphatic hydroxyl groups excluding tert-OH is 1. The van der Waals surface area contributed by atoms with Gasteiger partial charge in [0.05, 0.1) is 33.5 Å². The first-order valence-corrected chi connectivity index (χ1v) is 8.72. The second kappa shape index (κ2) is 6.57. The molecular weight excluding hydrogens is 338 g/mol. The number of ether oxygens (including phenoxy) is 4. The summed E-state index contributed by atoms with van der Waals surface area (Å²) in [5.74, 6) is 1.08. The van der Waals surface area contributed by atoms with E-state index in [1.54, 1.807) is 26.4 Å². The van der Waals surface area contributed by atoms with E-state index in [9.17, 15) is 9.90 Å². The van der Waals surface area contributed by atoms with Crippen LogP contribution < -0.4 is 9.47 Å². The molecule has 1 aromatic carbocycles. The minimum absolute atomic E-state index is 0.133. The predicted molar refractivity (Wildman–Crippen MR) is 91.8 cm³/mol. The number of hydrogen-bond donors (Lipinski definition) is 1. The van der Waals surface area contributed by atoms with Crippen LogP contribution in [-0.4, -0.2) is 60.8 Å². The van der Waals surface area contributed by atoms with E-state index in [2.05, 4.69) is 0 Å². The van der Waals surface area contributed by atoms with Gasteiger partial charge in [-0.15, -0.1) is 0 Å². The van der Waals surface area contributed by atoms with Gasteiger partial charge in [0.15, 0.2) is 5.60 Å². The molecule has 7 heteroatoms. The molecule has 3 aliphatic rings. The van der Waals surface area contributed by atoms with E-state index in [-0.39, 0.29) is 31.1 Å². The van der Waals surface area contributed by atoms with E-state index in [1.807, 2.05) is 18.2 Å².